The standard InChI is InChI=1S/C10H16N4O3/c1-4-17-10(16)8-6(2)13-14(9(8)11)7(15)5-12-3/h12H,4-5,11H2,1-3H3. The SMILES string of the molecule is CCOC(=O)c1c(C)nn(C(=O)CNC)c1N. The number of aromatic nitrogens is 2. The van der Waals surface area contributed by atoms with Gasteiger partial charge in [-0.25, -0.2) is 4.79 Å². The number of hydrogen-bond acceptors (Lipinski definition) is 6. The molecule has 0 aliphatic rings. The van der Waals surface area contributed by atoms with Crippen LogP contribution in [-0.4, -0.2) is 41.9 Å². The normalized spacial score (nSPS) is 10.3. The molecule has 0 aliphatic carbocycles. The fourth-order valence-electron chi connectivity index (χ4n) is 1.42. The van der Waals surface area contributed by atoms with E-state index in [0.717, 1.165) is 4.68 Å². The second-order valence-electron chi connectivity index (χ2n) is 3.40. The summed E-state index contributed by atoms with van der Waals surface area (Å²) in [7, 11) is 1.64. The summed E-state index contributed by atoms with van der Waals surface area (Å²) in [6.45, 7) is 3.63. The molecule has 1 rings (SSSR count). The van der Waals surface area contributed by atoms with E-state index >= 15 is 0 Å². The van der Waals surface area contributed by atoms with Crippen LogP contribution in [0.5, 0.6) is 0 Å². The molecule has 1 aromatic rings. The summed E-state index contributed by atoms with van der Waals surface area (Å²) >= 11 is 0. The molecule has 0 bridgehead atoms. The minimum atomic E-state index is -0.564. The Morgan fingerprint density at radius 1 is 1.53 bits per heavy atom. The number of carbonyl (C=O) groups is 2. The first-order valence-electron chi connectivity index (χ1n) is 5.22. The van der Waals surface area contributed by atoms with Gasteiger partial charge in [0.1, 0.15) is 11.4 Å². The number of rotatable bonds is 4. The first kappa shape index (κ1) is 13.2. The third-order valence-corrected chi connectivity index (χ3v) is 2.14. The molecule has 17 heavy (non-hydrogen) atoms. The summed E-state index contributed by atoms with van der Waals surface area (Å²) in [5, 5.41) is 6.63. The Bertz CT molecular complexity index is 439. The van der Waals surface area contributed by atoms with Crippen LogP contribution in [0.1, 0.15) is 27.8 Å². The molecule has 1 aromatic heterocycles. The predicted molar refractivity (Wildman–Crippen MR) is 61.9 cm³/mol. The van der Waals surface area contributed by atoms with E-state index in [4.69, 9.17) is 10.5 Å². The minimum absolute atomic E-state index is 0.0150. The maximum absolute atomic E-state index is 11.6. The van der Waals surface area contributed by atoms with Crippen molar-refractivity contribution >= 4 is 17.7 Å². The number of ether oxygens (including phenoxy) is 1. The van der Waals surface area contributed by atoms with Crippen LogP contribution in [0.2, 0.25) is 0 Å². The van der Waals surface area contributed by atoms with Crippen LogP contribution >= 0.6 is 0 Å². The highest BCUT2D eigenvalue weighted by Crippen LogP contribution is 2.17. The minimum Gasteiger partial charge on any atom is -0.462 e. The quantitative estimate of drug-likeness (QED) is 0.708. The Morgan fingerprint density at radius 3 is 2.71 bits per heavy atom. The van der Waals surface area contributed by atoms with E-state index < -0.39 is 5.97 Å². The number of nitrogens with one attached hydrogen (secondary N) is 1. The molecule has 0 radical (unpaired) electrons. The molecule has 0 fully saturated rings. The van der Waals surface area contributed by atoms with Crippen molar-refractivity contribution in [2.75, 3.05) is 25.9 Å². The molecule has 0 aliphatic heterocycles. The van der Waals surface area contributed by atoms with Gasteiger partial charge in [0, 0.05) is 0 Å². The average Bonchev–Trinajstić information content (AvgIpc) is 2.55. The number of nitrogens with zero attached hydrogens (tertiary/aromatic N) is 2. The van der Waals surface area contributed by atoms with Gasteiger partial charge in [-0.3, -0.25) is 4.79 Å². The van der Waals surface area contributed by atoms with Gasteiger partial charge < -0.3 is 15.8 Å². The molecule has 7 nitrogen and oxygen atoms in total. The van der Waals surface area contributed by atoms with Crippen LogP contribution in [0.25, 0.3) is 0 Å². The molecule has 0 aromatic carbocycles. The van der Waals surface area contributed by atoms with Gasteiger partial charge in [0.05, 0.1) is 18.8 Å². The van der Waals surface area contributed by atoms with Crippen LogP contribution in [-0.2, 0) is 4.74 Å². The number of likely N-dealkylation sites (N-methyl/N-ethyl adjacent to an activating group) is 1. The molecule has 3 N–H and O–H groups in total. The topological polar surface area (TPSA) is 99.2 Å². The van der Waals surface area contributed by atoms with Gasteiger partial charge in [-0.1, -0.05) is 0 Å². The van der Waals surface area contributed by atoms with E-state index in [0.29, 0.717) is 5.69 Å². The summed E-state index contributed by atoms with van der Waals surface area (Å²) in [5.41, 5.74) is 6.25. The zero-order valence-electron chi connectivity index (χ0n) is 10.1. The molecule has 94 valence electrons. The van der Waals surface area contributed by atoms with Crippen LogP contribution in [0, 0.1) is 6.92 Å². The van der Waals surface area contributed by atoms with Gasteiger partial charge in [-0.2, -0.15) is 9.78 Å². The second-order valence-corrected chi connectivity index (χ2v) is 3.40. The van der Waals surface area contributed by atoms with E-state index in [2.05, 4.69) is 10.4 Å². The molecule has 7 heteroatoms. The smallest absolute Gasteiger partial charge is 0.343 e. The number of carbonyl (C=O) groups excluding carboxylic acids is 2. The summed E-state index contributed by atoms with van der Waals surface area (Å²) in [6, 6.07) is 0. The van der Waals surface area contributed by atoms with Crippen molar-refractivity contribution in [2.24, 2.45) is 0 Å². The summed E-state index contributed by atoms with van der Waals surface area (Å²) < 4.78 is 5.86. The maximum Gasteiger partial charge on any atom is 0.343 e. The number of hydrogen-bond donors (Lipinski definition) is 2. The fraction of sp³-hybridized carbons (Fsp3) is 0.500. The zero-order chi connectivity index (χ0) is 13.0. The summed E-state index contributed by atoms with van der Waals surface area (Å²) in [5.74, 6) is -0.879. The average molecular weight is 240 g/mol. The molecule has 0 unspecified atom stereocenters. The van der Waals surface area contributed by atoms with Gasteiger partial charge in [-0.15, -0.1) is 0 Å². The molecular formula is C10H16N4O3. The van der Waals surface area contributed by atoms with Crippen molar-refractivity contribution in [1.82, 2.24) is 15.1 Å². The lowest BCUT2D eigenvalue weighted by atomic mass is 10.2. The van der Waals surface area contributed by atoms with Crippen molar-refractivity contribution in [3.63, 3.8) is 0 Å². The fourth-order valence-corrected chi connectivity index (χ4v) is 1.42. The van der Waals surface area contributed by atoms with Crippen molar-refractivity contribution < 1.29 is 14.3 Å². The molecule has 0 amide bonds. The van der Waals surface area contributed by atoms with Crippen molar-refractivity contribution in [1.29, 1.82) is 0 Å². The van der Waals surface area contributed by atoms with Crippen molar-refractivity contribution in [3.05, 3.63) is 11.3 Å². The molecule has 0 saturated heterocycles. The van der Waals surface area contributed by atoms with E-state index in [9.17, 15) is 9.59 Å². The number of aryl methyl sites for hydroxylation is 1. The monoisotopic (exact) mass is 240 g/mol. The Kier molecular flexibility index (Phi) is 4.22. The van der Waals surface area contributed by atoms with Crippen LogP contribution in [0.4, 0.5) is 5.82 Å². The lowest BCUT2D eigenvalue weighted by Crippen LogP contribution is -2.26. The van der Waals surface area contributed by atoms with Gasteiger partial charge in [-0.05, 0) is 20.9 Å². The van der Waals surface area contributed by atoms with E-state index in [-0.39, 0.29) is 30.4 Å². The van der Waals surface area contributed by atoms with Gasteiger partial charge in [0.15, 0.2) is 0 Å². The Hall–Kier alpha value is -1.89. The van der Waals surface area contributed by atoms with Crippen LogP contribution < -0.4 is 11.1 Å². The molecule has 1 heterocycles. The summed E-state index contributed by atoms with van der Waals surface area (Å²) in [4.78, 5) is 23.2. The van der Waals surface area contributed by atoms with Crippen molar-refractivity contribution in [2.45, 2.75) is 13.8 Å². The maximum atomic E-state index is 11.6. The Labute approximate surface area is 98.9 Å². The molecule has 0 atom stereocenters. The first-order valence-corrected chi connectivity index (χ1v) is 5.22. The number of nitrogens with two attached hydrogens (primary N) is 1. The first-order chi connectivity index (χ1) is 8.02. The van der Waals surface area contributed by atoms with Gasteiger partial charge in [0.2, 0.25) is 0 Å². The van der Waals surface area contributed by atoms with Crippen molar-refractivity contribution in [3.8, 4) is 0 Å². The predicted octanol–water partition coefficient (Wildman–Crippen LogP) is -0.190. The largest absolute Gasteiger partial charge is 0.462 e. The second kappa shape index (κ2) is 5.44. The Morgan fingerprint density at radius 2 is 2.18 bits per heavy atom. The highest BCUT2D eigenvalue weighted by Gasteiger charge is 2.23. The number of esters is 1. The van der Waals surface area contributed by atoms with Gasteiger partial charge in [0.25, 0.3) is 5.91 Å². The highest BCUT2D eigenvalue weighted by molar-refractivity contribution is 5.98. The highest BCUT2D eigenvalue weighted by atomic mass is 16.5. The third kappa shape index (κ3) is 2.62. The van der Waals surface area contributed by atoms with E-state index in [1.807, 2.05) is 0 Å². The van der Waals surface area contributed by atoms with Gasteiger partial charge >= 0.3 is 5.97 Å². The number of nitrogen functional groups attached to an aromatic ring is 1. The molecular weight excluding hydrogens is 224 g/mol. The van der Waals surface area contributed by atoms with E-state index in [1.165, 1.54) is 0 Å². The lowest BCUT2D eigenvalue weighted by Gasteiger charge is -2.03. The van der Waals surface area contributed by atoms with Crippen LogP contribution in [0.15, 0.2) is 0 Å². The summed E-state index contributed by atoms with van der Waals surface area (Å²) in [6.07, 6.45) is 0. The number of anilines is 1. The lowest BCUT2D eigenvalue weighted by molar-refractivity contribution is 0.0527. The third-order valence-electron chi connectivity index (χ3n) is 2.14. The van der Waals surface area contributed by atoms with Crippen LogP contribution in [0.3, 0.4) is 0 Å². The van der Waals surface area contributed by atoms with E-state index in [1.54, 1.807) is 20.9 Å². The molecule has 0 spiro atoms. The molecule has 0 saturated carbocycles. The Balaban J connectivity index is 3.09. The zero-order valence-corrected chi connectivity index (χ0v) is 10.1.